The Morgan fingerprint density at radius 1 is 1.22 bits per heavy atom. The summed E-state index contributed by atoms with van der Waals surface area (Å²) in [6, 6.07) is 10.7. The largest absolute Gasteiger partial charge is 0.354 e. The summed E-state index contributed by atoms with van der Waals surface area (Å²) < 4.78 is 27.3. The van der Waals surface area contributed by atoms with E-state index < -0.39 is 15.9 Å². The minimum Gasteiger partial charge on any atom is -0.354 e. The van der Waals surface area contributed by atoms with Crippen LogP contribution < -0.4 is 10.6 Å². The van der Waals surface area contributed by atoms with Crippen molar-refractivity contribution in [2.24, 2.45) is 0 Å². The SMILES string of the molecule is O=C1CN(S(=O)(=O)c2cccc(NC(=O)c3cc(Br)ccc3Cl)c2)CCN1. The first-order chi connectivity index (χ1) is 12.8. The standard InChI is InChI=1S/C17H15BrClN3O4S/c18-11-4-5-15(19)14(8-11)17(24)21-12-2-1-3-13(9-12)27(25,26)22-7-6-20-16(23)10-22/h1-5,8-9H,6-7,10H2,(H,20,23)(H,21,24). The summed E-state index contributed by atoms with van der Waals surface area (Å²) in [4.78, 5) is 23.9. The van der Waals surface area contributed by atoms with E-state index in [0.29, 0.717) is 10.2 Å². The average molecular weight is 473 g/mol. The maximum atomic E-state index is 12.7. The Morgan fingerprint density at radius 3 is 2.74 bits per heavy atom. The number of sulfonamides is 1. The van der Waals surface area contributed by atoms with E-state index in [1.54, 1.807) is 24.3 Å². The molecule has 10 heteroatoms. The average Bonchev–Trinajstić information content (AvgIpc) is 2.64. The van der Waals surface area contributed by atoms with Crippen LogP contribution >= 0.6 is 27.5 Å². The van der Waals surface area contributed by atoms with E-state index in [2.05, 4.69) is 26.6 Å². The van der Waals surface area contributed by atoms with E-state index in [1.165, 1.54) is 18.2 Å². The highest BCUT2D eigenvalue weighted by Gasteiger charge is 2.29. The second-order valence-electron chi connectivity index (χ2n) is 5.79. The fraction of sp³-hybridized carbons (Fsp3) is 0.176. The molecular weight excluding hydrogens is 458 g/mol. The van der Waals surface area contributed by atoms with Crippen molar-refractivity contribution in [1.29, 1.82) is 0 Å². The van der Waals surface area contributed by atoms with Crippen molar-refractivity contribution in [2.45, 2.75) is 4.90 Å². The summed E-state index contributed by atoms with van der Waals surface area (Å²) in [6.45, 7) is 0.223. The van der Waals surface area contributed by atoms with Gasteiger partial charge in [0.1, 0.15) is 0 Å². The van der Waals surface area contributed by atoms with E-state index in [4.69, 9.17) is 11.6 Å². The molecule has 0 bridgehead atoms. The van der Waals surface area contributed by atoms with Crippen LogP contribution in [0, 0.1) is 0 Å². The maximum absolute atomic E-state index is 12.7. The van der Waals surface area contributed by atoms with Crippen molar-refractivity contribution < 1.29 is 18.0 Å². The van der Waals surface area contributed by atoms with Gasteiger partial charge in [-0.05, 0) is 36.4 Å². The van der Waals surface area contributed by atoms with Gasteiger partial charge in [0.25, 0.3) is 5.91 Å². The molecule has 2 amide bonds. The van der Waals surface area contributed by atoms with Crippen molar-refractivity contribution in [3.05, 3.63) is 57.5 Å². The van der Waals surface area contributed by atoms with Crippen LogP contribution in [0.5, 0.6) is 0 Å². The number of carbonyl (C=O) groups excluding carboxylic acids is 2. The number of nitrogens with one attached hydrogen (secondary N) is 2. The summed E-state index contributed by atoms with van der Waals surface area (Å²) in [6.07, 6.45) is 0. The molecule has 2 aromatic carbocycles. The summed E-state index contributed by atoms with van der Waals surface area (Å²) in [5, 5.41) is 5.50. The van der Waals surface area contributed by atoms with Gasteiger partial charge in [-0.15, -0.1) is 0 Å². The van der Waals surface area contributed by atoms with E-state index in [-0.39, 0.29) is 41.0 Å². The summed E-state index contributed by atoms with van der Waals surface area (Å²) in [5.41, 5.74) is 0.561. The number of hydrogen-bond donors (Lipinski definition) is 2. The minimum absolute atomic E-state index is 0.00432. The van der Waals surface area contributed by atoms with E-state index in [9.17, 15) is 18.0 Å². The second kappa shape index (κ2) is 7.97. The van der Waals surface area contributed by atoms with Crippen LogP contribution in [0.2, 0.25) is 5.02 Å². The van der Waals surface area contributed by atoms with E-state index >= 15 is 0 Å². The number of amides is 2. The van der Waals surface area contributed by atoms with Crippen LogP contribution in [0.15, 0.2) is 51.8 Å². The lowest BCUT2D eigenvalue weighted by Gasteiger charge is -2.26. The quantitative estimate of drug-likeness (QED) is 0.715. The van der Waals surface area contributed by atoms with Gasteiger partial charge in [-0.25, -0.2) is 8.42 Å². The van der Waals surface area contributed by atoms with Gasteiger partial charge in [-0.1, -0.05) is 33.6 Å². The lowest BCUT2D eigenvalue weighted by Crippen LogP contribution is -2.49. The summed E-state index contributed by atoms with van der Waals surface area (Å²) in [5.74, 6) is -0.813. The molecule has 7 nitrogen and oxygen atoms in total. The molecule has 1 saturated heterocycles. The number of anilines is 1. The Hall–Kier alpha value is -1.94. The number of carbonyl (C=O) groups is 2. The number of rotatable bonds is 4. The van der Waals surface area contributed by atoms with Gasteiger partial charge in [0, 0.05) is 23.2 Å². The predicted molar refractivity (Wildman–Crippen MR) is 105 cm³/mol. The topological polar surface area (TPSA) is 95.6 Å². The first-order valence-electron chi connectivity index (χ1n) is 7.91. The van der Waals surface area contributed by atoms with Crippen LogP contribution in [0.3, 0.4) is 0 Å². The molecule has 142 valence electrons. The van der Waals surface area contributed by atoms with Gasteiger partial charge in [-0.2, -0.15) is 4.31 Å². The minimum atomic E-state index is -3.85. The molecule has 0 unspecified atom stereocenters. The fourth-order valence-electron chi connectivity index (χ4n) is 2.57. The van der Waals surface area contributed by atoms with E-state index in [0.717, 1.165) is 4.31 Å². The van der Waals surface area contributed by atoms with Crippen LogP contribution in [0.4, 0.5) is 5.69 Å². The van der Waals surface area contributed by atoms with Crippen molar-refractivity contribution in [2.75, 3.05) is 25.0 Å². The Balaban J connectivity index is 1.84. The zero-order valence-corrected chi connectivity index (χ0v) is 17.1. The van der Waals surface area contributed by atoms with Crippen LogP contribution in [-0.4, -0.2) is 44.2 Å². The summed E-state index contributed by atoms with van der Waals surface area (Å²) in [7, 11) is -3.85. The number of benzene rings is 2. The number of halogens is 2. The Morgan fingerprint density at radius 2 is 2.00 bits per heavy atom. The maximum Gasteiger partial charge on any atom is 0.257 e. The second-order valence-corrected chi connectivity index (χ2v) is 9.06. The molecule has 0 aliphatic carbocycles. The molecule has 1 fully saturated rings. The Labute approximate surface area is 169 Å². The lowest BCUT2D eigenvalue weighted by atomic mass is 10.2. The molecule has 0 aromatic heterocycles. The van der Waals surface area contributed by atoms with Gasteiger partial charge in [-0.3, -0.25) is 9.59 Å². The van der Waals surface area contributed by atoms with Gasteiger partial charge in [0.2, 0.25) is 15.9 Å². The molecule has 0 spiro atoms. The molecule has 0 saturated carbocycles. The zero-order valence-electron chi connectivity index (χ0n) is 13.9. The normalized spacial score (nSPS) is 15.3. The highest BCUT2D eigenvalue weighted by Crippen LogP contribution is 2.24. The number of piperazine rings is 1. The first kappa shape index (κ1) is 19.8. The van der Waals surface area contributed by atoms with Crippen LogP contribution in [0.1, 0.15) is 10.4 Å². The third-order valence-electron chi connectivity index (χ3n) is 3.91. The fourth-order valence-corrected chi connectivity index (χ4v) is 4.58. The first-order valence-corrected chi connectivity index (χ1v) is 10.5. The molecule has 1 heterocycles. The number of hydrogen-bond acceptors (Lipinski definition) is 4. The molecular formula is C17H15BrClN3O4S. The van der Waals surface area contributed by atoms with Crippen molar-refractivity contribution in [3.8, 4) is 0 Å². The number of nitrogens with zero attached hydrogens (tertiary/aromatic N) is 1. The third kappa shape index (κ3) is 4.49. The Kier molecular flexibility index (Phi) is 5.85. The van der Waals surface area contributed by atoms with Crippen molar-refractivity contribution in [3.63, 3.8) is 0 Å². The molecule has 2 aromatic rings. The van der Waals surface area contributed by atoms with Crippen LogP contribution in [0.25, 0.3) is 0 Å². The molecule has 27 heavy (non-hydrogen) atoms. The molecule has 3 rings (SSSR count). The van der Waals surface area contributed by atoms with Crippen LogP contribution in [-0.2, 0) is 14.8 Å². The van der Waals surface area contributed by atoms with Gasteiger partial charge in [0.15, 0.2) is 0 Å². The third-order valence-corrected chi connectivity index (χ3v) is 6.57. The summed E-state index contributed by atoms with van der Waals surface area (Å²) >= 11 is 9.33. The monoisotopic (exact) mass is 471 g/mol. The highest BCUT2D eigenvalue weighted by molar-refractivity contribution is 9.10. The van der Waals surface area contributed by atoms with E-state index in [1.807, 2.05) is 0 Å². The predicted octanol–water partition coefficient (Wildman–Crippen LogP) is 2.48. The lowest BCUT2D eigenvalue weighted by molar-refractivity contribution is -0.122. The van der Waals surface area contributed by atoms with Gasteiger partial charge >= 0.3 is 0 Å². The molecule has 1 aliphatic heterocycles. The molecule has 2 N–H and O–H groups in total. The molecule has 0 atom stereocenters. The van der Waals surface area contributed by atoms with Gasteiger partial charge < -0.3 is 10.6 Å². The van der Waals surface area contributed by atoms with Crippen molar-refractivity contribution in [1.82, 2.24) is 9.62 Å². The van der Waals surface area contributed by atoms with Gasteiger partial charge in [0.05, 0.1) is 22.0 Å². The highest BCUT2D eigenvalue weighted by atomic mass is 79.9. The molecule has 1 aliphatic rings. The Bertz CT molecular complexity index is 1010. The molecule has 0 radical (unpaired) electrons. The zero-order chi connectivity index (χ0) is 19.6. The smallest absolute Gasteiger partial charge is 0.257 e. The van der Waals surface area contributed by atoms with Crippen molar-refractivity contribution >= 4 is 55.1 Å².